The number of halogens is 6. The maximum Gasteiger partial charge on any atom is 0.421 e. The van der Waals surface area contributed by atoms with Gasteiger partial charge in [-0.05, 0) is 43.3 Å². The molecule has 0 spiro atoms. The van der Waals surface area contributed by atoms with E-state index in [0.717, 1.165) is 29.8 Å². The van der Waals surface area contributed by atoms with Gasteiger partial charge in [0, 0.05) is 24.8 Å². The number of anilines is 3. The smallest absolute Gasteiger partial charge is 0.421 e. The molecule has 0 aliphatic carbocycles. The lowest BCUT2D eigenvalue weighted by Crippen LogP contribution is -2.26. The van der Waals surface area contributed by atoms with E-state index in [9.17, 15) is 26.3 Å². The molecule has 0 radical (unpaired) electrons. The zero-order valence-corrected chi connectivity index (χ0v) is 22.6. The molecular formula is C28H31F6N5O2. The Morgan fingerprint density at radius 3 is 2.37 bits per heavy atom. The van der Waals surface area contributed by atoms with Crippen molar-refractivity contribution >= 4 is 17.5 Å². The standard InChI is InChI=1S/C28H31F6N5O2/c1-3-38(4-2)14-8-15-40-24-12-11-20(17-21(24)27(29,30)31)36-26-35-18-22(28(32,33)34)25(37-26)39-23(13-16-41-39)19-9-6-5-7-10-19/h5-7,9-12,17-18,23H,3-4,8,13-16H2,1-2H3,(H,35,36,37)/t23-/m0/s1. The van der Waals surface area contributed by atoms with Crippen molar-refractivity contribution in [3.8, 4) is 5.75 Å². The minimum Gasteiger partial charge on any atom is -0.493 e. The molecule has 0 unspecified atom stereocenters. The van der Waals surface area contributed by atoms with E-state index in [1.165, 1.54) is 12.1 Å². The molecule has 1 saturated heterocycles. The van der Waals surface area contributed by atoms with Crippen LogP contribution in [0, 0.1) is 0 Å². The molecule has 7 nitrogen and oxygen atoms in total. The third kappa shape index (κ3) is 7.59. The number of hydroxylamine groups is 1. The first kappa shape index (κ1) is 30.4. The molecule has 0 saturated carbocycles. The van der Waals surface area contributed by atoms with Crippen LogP contribution in [0.15, 0.2) is 54.7 Å². The van der Waals surface area contributed by atoms with Crippen molar-refractivity contribution in [3.05, 3.63) is 71.4 Å². The molecule has 4 rings (SSSR count). The minimum atomic E-state index is -4.80. The fourth-order valence-corrected chi connectivity index (χ4v) is 4.55. The van der Waals surface area contributed by atoms with Gasteiger partial charge in [0.15, 0.2) is 5.82 Å². The van der Waals surface area contributed by atoms with Gasteiger partial charge in [0.25, 0.3) is 0 Å². The zero-order chi connectivity index (χ0) is 29.6. The van der Waals surface area contributed by atoms with E-state index in [1.54, 1.807) is 30.3 Å². The van der Waals surface area contributed by atoms with Crippen LogP contribution < -0.4 is 15.1 Å². The molecule has 2 heterocycles. The van der Waals surface area contributed by atoms with Crippen molar-refractivity contribution in [2.45, 2.75) is 45.1 Å². The number of rotatable bonds is 11. The van der Waals surface area contributed by atoms with E-state index >= 15 is 0 Å². The number of nitrogens with one attached hydrogen (secondary N) is 1. The molecule has 3 aromatic rings. The summed E-state index contributed by atoms with van der Waals surface area (Å²) in [5.74, 6) is -1.20. The van der Waals surface area contributed by atoms with Crippen LogP contribution in [0.1, 0.15) is 49.4 Å². The fourth-order valence-electron chi connectivity index (χ4n) is 4.55. The highest BCUT2D eigenvalue weighted by Gasteiger charge is 2.41. The van der Waals surface area contributed by atoms with Crippen LogP contribution in [0.4, 0.5) is 43.8 Å². The summed E-state index contributed by atoms with van der Waals surface area (Å²) in [7, 11) is 0. The van der Waals surface area contributed by atoms with E-state index in [2.05, 4.69) is 20.2 Å². The molecule has 1 atom stereocenters. The number of hydrogen-bond donors (Lipinski definition) is 1. The first-order valence-electron chi connectivity index (χ1n) is 13.3. The molecule has 1 aromatic heterocycles. The van der Waals surface area contributed by atoms with Crippen molar-refractivity contribution in [2.75, 3.05) is 43.2 Å². The van der Waals surface area contributed by atoms with E-state index in [-0.39, 0.29) is 30.6 Å². The molecule has 2 aromatic carbocycles. The molecule has 1 fully saturated rings. The number of ether oxygens (including phenoxy) is 1. The Bertz CT molecular complexity index is 1290. The van der Waals surface area contributed by atoms with Gasteiger partial charge in [-0.2, -0.15) is 31.3 Å². The van der Waals surface area contributed by atoms with Gasteiger partial charge in [0.05, 0.1) is 24.8 Å². The lowest BCUT2D eigenvalue weighted by molar-refractivity contribution is -0.139. The number of hydrogen-bond acceptors (Lipinski definition) is 7. The van der Waals surface area contributed by atoms with Crippen molar-refractivity contribution in [3.63, 3.8) is 0 Å². The van der Waals surface area contributed by atoms with Gasteiger partial charge < -0.3 is 15.0 Å². The lowest BCUT2D eigenvalue weighted by atomic mass is 10.0. The summed E-state index contributed by atoms with van der Waals surface area (Å²) in [4.78, 5) is 15.5. The SMILES string of the molecule is CCN(CC)CCCOc1ccc(Nc2ncc(C(F)(F)F)c(N3OCC[C@H]3c3ccccc3)n2)cc1C(F)(F)F. The predicted octanol–water partition coefficient (Wildman–Crippen LogP) is 7.25. The van der Waals surface area contributed by atoms with Crippen molar-refractivity contribution in [2.24, 2.45) is 0 Å². The van der Waals surface area contributed by atoms with Gasteiger partial charge in [-0.25, -0.2) is 10.0 Å². The Kier molecular flexibility index (Phi) is 9.59. The van der Waals surface area contributed by atoms with E-state index < -0.39 is 35.3 Å². The van der Waals surface area contributed by atoms with Crippen LogP contribution in [-0.2, 0) is 17.2 Å². The summed E-state index contributed by atoms with van der Waals surface area (Å²) >= 11 is 0. The molecule has 1 aliphatic heterocycles. The summed E-state index contributed by atoms with van der Waals surface area (Å²) in [6.45, 7) is 6.60. The quantitative estimate of drug-likeness (QED) is 0.188. The number of alkyl halides is 6. The summed E-state index contributed by atoms with van der Waals surface area (Å²) < 4.78 is 88.8. The summed E-state index contributed by atoms with van der Waals surface area (Å²) in [5.41, 5.74) is -1.49. The van der Waals surface area contributed by atoms with Crippen molar-refractivity contribution in [1.82, 2.24) is 14.9 Å². The molecule has 41 heavy (non-hydrogen) atoms. The minimum absolute atomic E-state index is 0.0690. The zero-order valence-electron chi connectivity index (χ0n) is 22.6. The van der Waals surface area contributed by atoms with Gasteiger partial charge in [-0.3, -0.25) is 4.84 Å². The Labute approximate surface area is 234 Å². The van der Waals surface area contributed by atoms with Gasteiger partial charge in [-0.1, -0.05) is 44.2 Å². The highest BCUT2D eigenvalue weighted by atomic mass is 19.4. The molecule has 0 bridgehead atoms. The van der Waals surface area contributed by atoms with Crippen molar-refractivity contribution in [1.29, 1.82) is 0 Å². The van der Waals surface area contributed by atoms with E-state index in [1.807, 2.05) is 13.8 Å². The highest BCUT2D eigenvalue weighted by Crippen LogP contribution is 2.42. The van der Waals surface area contributed by atoms with Crippen molar-refractivity contribution < 1.29 is 35.9 Å². The maximum absolute atomic E-state index is 13.9. The average molecular weight is 584 g/mol. The van der Waals surface area contributed by atoms with Crippen LogP contribution in [-0.4, -0.2) is 47.7 Å². The monoisotopic (exact) mass is 583 g/mol. The van der Waals surface area contributed by atoms with Gasteiger partial charge in [0.1, 0.15) is 11.3 Å². The number of nitrogens with zero attached hydrogens (tertiary/aromatic N) is 4. The summed E-state index contributed by atoms with van der Waals surface area (Å²) in [6.07, 6.45) is -7.98. The normalized spacial score (nSPS) is 15.9. The molecule has 222 valence electrons. The Hall–Kier alpha value is -3.58. The summed E-state index contributed by atoms with van der Waals surface area (Å²) in [6, 6.07) is 11.6. The van der Waals surface area contributed by atoms with Crippen LogP contribution in [0.5, 0.6) is 5.75 Å². The van der Waals surface area contributed by atoms with Crippen LogP contribution in [0.25, 0.3) is 0 Å². The second-order valence-electron chi connectivity index (χ2n) is 9.37. The Balaban J connectivity index is 1.59. The van der Waals surface area contributed by atoms with Gasteiger partial charge >= 0.3 is 12.4 Å². The molecule has 1 aliphatic rings. The second kappa shape index (κ2) is 12.9. The first-order chi connectivity index (χ1) is 19.5. The summed E-state index contributed by atoms with van der Waals surface area (Å²) in [5, 5.41) is 3.69. The average Bonchev–Trinajstić information content (AvgIpc) is 3.43. The topological polar surface area (TPSA) is 62.8 Å². The molecule has 13 heteroatoms. The molecule has 0 amide bonds. The third-order valence-corrected chi connectivity index (χ3v) is 6.68. The molecular weight excluding hydrogens is 552 g/mol. The second-order valence-corrected chi connectivity index (χ2v) is 9.37. The number of aromatic nitrogens is 2. The Morgan fingerprint density at radius 1 is 1.00 bits per heavy atom. The van der Waals surface area contributed by atoms with Crippen LogP contribution in [0.3, 0.4) is 0 Å². The van der Waals surface area contributed by atoms with Gasteiger partial charge in [0.2, 0.25) is 5.95 Å². The molecule has 1 N–H and O–H groups in total. The first-order valence-corrected chi connectivity index (χ1v) is 13.3. The fraction of sp³-hybridized carbons (Fsp3) is 0.429. The largest absolute Gasteiger partial charge is 0.493 e. The van der Waals surface area contributed by atoms with E-state index in [4.69, 9.17) is 9.57 Å². The number of benzene rings is 2. The highest BCUT2D eigenvalue weighted by molar-refractivity contribution is 5.60. The lowest BCUT2D eigenvalue weighted by Gasteiger charge is -2.26. The van der Waals surface area contributed by atoms with Gasteiger partial charge in [-0.15, -0.1) is 0 Å². The van der Waals surface area contributed by atoms with Crippen LogP contribution >= 0.6 is 0 Å². The predicted molar refractivity (Wildman–Crippen MR) is 142 cm³/mol. The Morgan fingerprint density at radius 2 is 1.71 bits per heavy atom. The third-order valence-electron chi connectivity index (χ3n) is 6.68. The van der Waals surface area contributed by atoms with E-state index in [0.29, 0.717) is 25.6 Å². The van der Waals surface area contributed by atoms with Crippen LogP contribution in [0.2, 0.25) is 0 Å². The maximum atomic E-state index is 13.9.